The molecule has 2 aromatic carbocycles. The van der Waals surface area contributed by atoms with Crippen LogP contribution in [-0.2, 0) is 11.3 Å². The van der Waals surface area contributed by atoms with Crippen LogP contribution in [-0.4, -0.2) is 79.9 Å². The lowest BCUT2D eigenvalue weighted by molar-refractivity contribution is -0.134. The molecule has 4 aliphatic heterocycles. The van der Waals surface area contributed by atoms with Gasteiger partial charge in [-0.3, -0.25) is 14.6 Å². The molecule has 2 saturated heterocycles. The Morgan fingerprint density at radius 1 is 0.800 bits per heavy atom. The van der Waals surface area contributed by atoms with Gasteiger partial charge in [-0.05, 0) is 54.8 Å². The Morgan fingerprint density at radius 3 is 2.43 bits per heavy atom. The first-order valence-corrected chi connectivity index (χ1v) is 12.8. The van der Waals surface area contributed by atoms with E-state index >= 15 is 0 Å². The number of hydrogen-bond acceptors (Lipinski definition) is 7. The number of nitrogens with zero attached hydrogens (tertiary/aromatic N) is 3. The van der Waals surface area contributed by atoms with Gasteiger partial charge in [0.25, 0.3) is 0 Å². The van der Waals surface area contributed by atoms with E-state index in [2.05, 4.69) is 34.1 Å². The van der Waals surface area contributed by atoms with E-state index in [9.17, 15) is 4.79 Å². The standard InChI is InChI=1S/C27H33N3O5/c31-27(29-11-9-28(10-12-29)17-20-4-6-24-25(15-20)35-19-34-24)18-30-8-1-3-22(30)21-5-7-23-26(16-21)33-14-2-13-32-23/h4-7,15-16,22H,1-3,8-14,17-19H2. The second-order valence-electron chi connectivity index (χ2n) is 9.73. The average molecular weight is 480 g/mol. The molecule has 35 heavy (non-hydrogen) atoms. The van der Waals surface area contributed by atoms with Gasteiger partial charge in [-0.2, -0.15) is 0 Å². The Kier molecular flexibility index (Phi) is 6.39. The minimum absolute atomic E-state index is 0.231. The Morgan fingerprint density at radius 2 is 1.54 bits per heavy atom. The van der Waals surface area contributed by atoms with Crippen molar-refractivity contribution in [2.75, 3.05) is 59.3 Å². The third kappa shape index (κ3) is 4.90. The van der Waals surface area contributed by atoms with Gasteiger partial charge < -0.3 is 23.8 Å². The first-order chi connectivity index (χ1) is 17.2. The van der Waals surface area contributed by atoms with Crippen molar-refractivity contribution < 1.29 is 23.7 Å². The molecule has 0 spiro atoms. The molecule has 0 aliphatic carbocycles. The summed E-state index contributed by atoms with van der Waals surface area (Å²) in [5, 5.41) is 0. The zero-order chi connectivity index (χ0) is 23.6. The van der Waals surface area contributed by atoms with E-state index in [1.165, 1.54) is 11.1 Å². The molecule has 0 aromatic heterocycles. The first-order valence-electron chi connectivity index (χ1n) is 12.8. The molecule has 8 heteroatoms. The zero-order valence-corrected chi connectivity index (χ0v) is 20.1. The van der Waals surface area contributed by atoms with Crippen LogP contribution in [0.15, 0.2) is 36.4 Å². The molecular weight excluding hydrogens is 446 g/mol. The van der Waals surface area contributed by atoms with Gasteiger partial charge in [-0.25, -0.2) is 0 Å². The lowest BCUT2D eigenvalue weighted by Gasteiger charge is -2.36. The monoisotopic (exact) mass is 479 g/mol. The molecule has 8 nitrogen and oxygen atoms in total. The van der Waals surface area contributed by atoms with Crippen molar-refractivity contribution in [3.05, 3.63) is 47.5 Å². The van der Waals surface area contributed by atoms with Crippen molar-refractivity contribution in [3.8, 4) is 23.0 Å². The van der Waals surface area contributed by atoms with Crippen LogP contribution in [0.1, 0.15) is 36.4 Å². The molecule has 1 amide bonds. The second kappa shape index (κ2) is 9.95. The van der Waals surface area contributed by atoms with Gasteiger partial charge in [0.15, 0.2) is 23.0 Å². The number of ether oxygens (including phenoxy) is 4. The maximum atomic E-state index is 13.2. The number of likely N-dealkylation sites (tertiary alicyclic amines) is 1. The van der Waals surface area contributed by atoms with Crippen LogP contribution in [0.5, 0.6) is 23.0 Å². The van der Waals surface area contributed by atoms with E-state index < -0.39 is 0 Å². The molecule has 2 fully saturated rings. The van der Waals surface area contributed by atoms with Crippen molar-refractivity contribution in [2.24, 2.45) is 0 Å². The smallest absolute Gasteiger partial charge is 0.236 e. The van der Waals surface area contributed by atoms with Gasteiger partial charge in [0, 0.05) is 45.2 Å². The van der Waals surface area contributed by atoms with Crippen LogP contribution in [0, 0.1) is 0 Å². The van der Waals surface area contributed by atoms with Gasteiger partial charge in [0.1, 0.15) is 0 Å². The summed E-state index contributed by atoms with van der Waals surface area (Å²) in [6.07, 6.45) is 3.07. The van der Waals surface area contributed by atoms with Crippen molar-refractivity contribution in [2.45, 2.75) is 31.8 Å². The van der Waals surface area contributed by atoms with Gasteiger partial charge in [0.2, 0.25) is 12.7 Å². The lowest BCUT2D eigenvalue weighted by atomic mass is 10.0. The van der Waals surface area contributed by atoms with Crippen LogP contribution in [0.2, 0.25) is 0 Å². The van der Waals surface area contributed by atoms with E-state index in [0.29, 0.717) is 26.6 Å². The largest absolute Gasteiger partial charge is 0.490 e. The van der Waals surface area contributed by atoms with Crippen LogP contribution in [0.3, 0.4) is 0 Å². The topological polar surface area (TPSA) is 63.7 Å². The molecule has 1 unspecified atom stereocenters. The van der Waals surface area contributed by atoms with Crippen LogP contribution in [0.4, 0.5) is 0 Å². The molecule has 6 rings (SSSR count). The number of piperazine rings is 1. The van der Waals surface area contributed by atoms with Crippen molar-refractivity contribution >= 4 is 5.91 Å². The molecular formula is C27H33N3O5. The Hall–Kier alpha value is -2.97. The summed E-state index contributed by atoms with van der Waals surface area (Å²) in [6, 6.07) is 12.7. The highest BCUT2D eigenvalue weighted by molar-refractivity contribution is 5.78. The average Bonchev–Trinajstić information content (AvgIpc) is 3.47. The third-order valence-corrected chi connectivity index (χ3v) is 7.43. The summed E-state index contributed by atoms with van der Waals surface area (Å²) < 4.78 is 22.6. The van der Waals surface area contributed by atoms with Gasteiger partial charge in [-0.1, -0.05) is 12.1 Å². The normalized spacial score (nSPS) is 22.3. The maximum Gasteiger partial charge on any atom is 0.236 e. The fraction of sp³-hybridized carbons (Fsp3) is 0.519. The summed E-state index contributed by atoms with van der Waals surface area (Å²) in [6.45, 7) is 7.26. The number of carbonyl (C=O) groups is 1. The highest BCUT2D eigenvalue weighted by Gasteiger charge is 2.31. The Balaban J connectivity index is 1.03. The minimum Gasteiger partial charge on any atom is -0.490 e. The molecule has 0 N–H and O–H groups in total. The molecule has 2 aromatic rings. The van der Waals surface area contributed by atoms with Crippen molar-refractivity contribution in [1.82, 2.24) is 14.7 Å². The number of benzene rings is 2. The predicted octanol–water partition coefficient (Wildman–Crippen LogP) is 3.06. The number of fused-ring (bicyclic) bond motifs is 2. The fourth-order valence-electron chi connectivity index (χ4n) is 5.51. The van der Waals surface area contributed by atoms with E-state index in [4.69, 9.17) is 18.9 Å². The number of amides is 1. The SMILES string of the molecule is O=C(CN1CCCC1c1ccc2c(c1)OCCCO2)N1CCN(Cc2ccc3c(c2)OCO3)CC1. The fourth-order valence-corrected chi connectivity index (χ4v) is 5.51. The number of carbonyl (C=O) groups excluding carboxylic acids is 1. The van der Waals surface area contributed by atoms with Gasteiger partial charge in [0.05, 0.1) is 19.8 Å². The summed E-state index contributed by atoms with van der Waals surface area (Å²) in [5.74, 6) is 3.53. The lowest BCUT2D eigenvalue weighted by Crippen LogP contribution is -2.50. The minimum atomic E-state index is 0.231. The Bertz CT molecular complexity index is 1070. The van der Waals surface area contributed by atoms with Crippen molar-refractivity contribution in [1.29, 1.82) is 0 Å². The van der Waals surface area contributed by atoms with Gasteiger partial charge >= 0.3 is 0 Å². The maximum absolute atomic E-state index is 13.2. The summed E-state index contributed by atoms with van der Waals surface area (Å²) in [7, 11) is 0. The van der Waals surface area contributed by atoms with E-state index in [-0.39, 0.29) is 11.9 Å². The van der Waals surface area contributed by atoms with E-state index in [0.717, 1.165) is 81.5 Å². The van der Waals surface area contributed by atoms with E-state index in [1.54, 1.807) is 0 Å². The third-order valence-electron chi connectivity index (χ3n) is 7.43. The van der Waals surface area contributed by atoms with Crippen LogP contribution < -0.4 is 18.9 Å². The number of hydrogen-bond donors (Lipinski definition) is 0. The predicted molar refractivity (Wildman–Crippen MR) is 130 cm³/mol. The molecule has 1 atom stereocenters. The highest BCUT2D eigenvalue weighted by Crippen LogP contribution is 2.38. The van der Waals surface area contributed by atoms with Crippen LogP contribution >= 0.6 is 0 Å². The first kappa shape index (κ1) is 22.5. The van der Waals surface area contributed by atoms with E-state index in [1.807, 2.05) is 17.0 Å². The molecule has 4 aliphatic rings. The molecule has 0 saturated carbocycles. The van der Waals surface area contributed by atoms with Gasteiger partial charge in [-0.15, -0.1) is 0 Å². The van der Waals surface area contributed by atoms with Crippen LogP contribution in [0.25, 0.3) is 0 Å². The number of rotatable bonds is 5. The molecule has 0 radical (unpaired) electrons. The van der Waals surface area contributed by atoms with Crippen molar-refractivity contribution in [3.63, 3.8) is 0 Å². The molecule has 0 bridgehead atoms. The zero-order valence-electron chi connectivity index (χ0n) is 20.1. The second-order valence-corrected chi connectivity index (χ2v) is 9.73. The Labute approximate surface area is 206 Å². The summed E-state index contributed by atoms with van der Waals surface area (Å²) in [5.41, 5.74) is 2.43. The summed E-state index contributed by atoms with van der Waals surface area (Å²) in [4.78, 5) is 20.0. The quantitative estimate of drug-likeness (QED) is 0.653. The molecule has 186 valence electrons. The summed E-state index contributed by atoms with van der Waals surface area (Å²) >= 11 is 0. The molecule has 4 heterocycles. The highest BCUT2D eigenvalue weighted by atomic mass is 16.7.